The number of benzene rings is 1. The Morgan fingerprint density at radius 2 is 1.94 bits per heavy atom. The summed E-state index contributed by atoms with van der Waals surface area (Å²) in [6.07, 6.45) is 0.353. The summed E-state index contributed by atoms with van der Waals surface area (Å²) in [5, 5.41) is 2.33. The van der Waals surface area contributed by atoms with Crippen molar-refractivity contribution in [3.05, 3.63) is 29.8 Å². The van der Waals surface area contributed by atoms with Crippen molar-refractivity contribution in [2.45, 2.75) is 19.4 Å². The van der Waals surface area contributed by atoms with Crippen molar-refractivity contribution in [3.8, 4) is 5.75 Å². The second kappa shape index (κ2) is 5.08. The lowest BCUT2D eigenvalue weighted by atomic mass is 10.1. The third-order valence-corrected chi connectivity index (χ3v) is 3.15. The van der Waals surface area contributed by atoms with Crippen LogP contribution in [0.3, 0.4) is 0 Å². The van der Waals surface area contributed by atoms with E-state index in [9.17, 15) is 9.59 Å². The standard InChI is InChI=1S/C13H16N2O3/c1-9(10-3-5-11(18-2)6-4-10)15-8-7-12(16)14-13(15)17/h3-6,9H,7-8H2,1-2H3,(H,14,16,17). The van der Waals surface area contributed by atoms with E-state index in [1.807, 2.05) is 31.2 Å². The molecular weight excluding hydrogens is 232 g/mol. The lowest BCUT2D eigenvalue weighted by Crippen LogP contribution is -2.50. The molecule has 1 unspecified atom stereocenters. The molecule has 0 aliphatic carbocycles. The number of nitrogens with zero attached hydrogens (tertiary/aromatic N) is 1. The zero-order valence-corrected chi connectivity index (χ0v) is 10.5. The highest BCUT2D eigenvalue weighted by atomic mass is 16.5. The van der Waals surface area contributed by atoms with Crippen LogP contribution in [0.4, 0.5) is 4.79 Å². The maximum absolute atomic E-state index is 11.7. The summed E-state index contributed by atoms with van der Waals surface area (Å²) in [5.74, 6) is 0.572. The van der Waals surface area contributed by atoms with Crippen molar-refractivity contribution >= 4 is 11.9 Å². The number of methoxy groups -OCH3 is 1. The van der Waals surface area contributed by atoms with Gasteiger partial charge in [0, 0.05) is 13.0 Å². The number of carbonyl (C=O) groups excluding carboxylic acids is 2. The van der Waals surface area contributed by atoms with Gasteiger partial charge in [-0.15, -0.1) is 0 Å². The van der Waals surface area contributed by atoms with Gasteiger partial charge in [-0.25, -0.2) is 4.79 Å². The third-order valence-electron chi connectivity index (χ3n) is 3.15. The van der Waals surface area contributed by atoms with Gasteiger partial charge in [0.25, 0.3) is 0 Å². The number of amides is 3. The van der Waals surface area contributed by atoms with Crippen molar-refractivity contribution in [1.29, 1.82) is 0 Å². The largest absolute Gasteiger partial charge is 0.497 e. The first-order valence-corrected chi connectivity index (χ1v) is 5.86. The topological polar surface area (TPSA) is 58.6 Å². The minimum atomic E-state index is -0.324. The van der Waals surface area contributed by atoms with Crippen LogP contribution >= 0.6 is 0 Å². The zero-order valence-electron chi connectivity index (χ0n) is 10.5. The van der Waals surface area contributed by atoms with Gasteiger partial charge >= 0.3 is 6.03 Å². The molecule has 2 rings (SSSR count). The summed E-state index contributed by atoms with van der Waals surface area (Å²) in [5.41, 5.74) is 1.01. The van der Waals surface area contributed by atoms with E-state index in [1.165, 1.54) is 0 Å². The Bertz CT molecular complexity index is 456. The van der Waals surface area contributed by atoms with E-state index in [-0.39, 0.29) is 18.0 Å². The quantitative estimate of drug-likeness (QED) is 0.885. The molecule has 0 radical (unpaired) electrons. The first kappa shape index (κ1) is 12.4. The minimum Gasteiger partial charge on any atom is -0.497 e. The molecule has 1 atom stereocenters. The first-order valence-electron chi connectivity index (χ1n) is 5.86. The summed E-state index contributed by atoms with van der Waals surface area (Å²) in [6.45, 7) is 2.40. The van der Waals surface area contributed by atoms with Crippen molar-refractivity contribution in [3.63, 3.8) is 0 Å². The Morgan fingerprint density at radius 3 is 2.50 bits per heavy atom. The minimum absolute atomic E-state index is 0.0657. The fraction of sp³-hybridized carbons (Fsp3) is 0.385. The number of nitrogens with one attached hydrogen (secondary N) is 1. The van der Waals surface area contributed by atoms with Crippen LogP contribution in [-0.4, -0.2) is 30.5 Å². The van der Waals surface area contributed by atoms with Crippen LogP contribution in [0.5, 0.6) is 5.75 Å². The van der Waals surface area contributed by atoms with Gasteiger partial charge in [-0.3, -0.25) is 10.1 Å². The molecule has 1 aromatic rings. The van der Waals surface area contributed by atoms with Crippen LogP contribution in [0, 0.1) is 0 Å². The molecule has 5 nitrogen and oxygen atoms in total. The molecule has 3 amide bonds. The molecule has 96 valence electrons. The third kappa shape index (κ3) is 2.45. The van der Waals surface area contributed by atoms with E-state index in [1.54, 1.807) is 12.0 Å². The molecule has 5 heteroatoms. The van der Waals surface area contributed by atoms with E-state index in [0.717, 1.165) is 11.3 Å². The van der Waals surface area contributed by atoms with Crippen LogP contribution in [0.1, 0.15) is 24.9 Å². The van der Waals surface area contributed by atoms with Gasteiger partial charge in [0.1, 0.15) is 5.75 Å². The SMILES string of the molecule is COc1ccc(C(C)N2CCC(=O)NC2=O)cc1. The summed E-state index contributed by atoms with van der Waals surface area (Å²) in [7, 11) is 1.61. The molecule has 18 heavy (non-hydrogen) atoms. The highest BCUT2D eigenvalue weighted by Gasteiger charge is 2.27. The lowest BCUT2D eigenvalue weighted by Gasteiger charge is -2.32. The van der Waals surface area contributed by atoms with Gasteiger partial charge in [0.15, 0.2) is 0 Å². The fourth-order valence-corrected chi connectivity index (χ4v) is 2.01. The maximum Gasteiger partial charge on any atom is 0.324 e. The molecule has 0 aromatic heterocycles. The monoisotopic (exact) mass is 248 g/mol. The van der Waals surface area contributed by atoms with Crippen molar-refractivity contribution in [2.24, 2.45) is 0 Å². The van der Waals surface area contributed by atoms with Gasteiger partial charge < -0.3 is 9.64 Å². The van der Waals surface area contributed by atoms with Crippen molar-refractivity contribution < 1.29 is 14.3 Å². The van der Waals surface area contributed by atoms with E-state index in [4.69, 9.17) is 4.74 Å². The summed E-state index contributed by atoms with van der Waals surface area (Å²) >= 11 is 0. The summed E-state index contributed by atoms with van der Waals surface area (Å²) in [4.78, 5) is 24.5. The average molecular weight is 248 g/mol. The van der Waals surface area contributed by atoms with Crippen LogP contribution in [-0.2, 0) is 4.79 Å². The zero-order chi connectivity index (χ0) is 13.1. The van der Waals surface area contributed by atoms with Gasteiger partial charge in [-0.1, -0.05) is 12.1 Å². The average Bonchev–Trinajstić information content (AvgIpc) is 2.38. The molecule has 0 bridgehead atoms. The molecule has 1 saturated heterocycles. The molecule has 0 spiro atoms. The number of hydrogen-bond donors (Lipinski definition) is 1. The Morgan fingerprint density at radius 1 is 1.28 bits per heavy atom. The van der Waals surface area contributed by atoms with E-state index in [0.29, 0.717) is 13.0 Å². The summed E-state index contributed by atoms with van der Waals surface area (Å²) < 4.78 is 5.09. The van der Waals surface area contributed by atoms with Crippen molar-refractivity contribution in [1.82, 2.24) is 10.2 Å². The number of carbonyl (C=O) groups is 2. The smallest absolute Gasteiger partial charge is 0.324 e. The molecule has 1 heterocycles. The Hall–Kier alpha value is -2.04. The highest BCUT2D eigenvalue weighted by Crippen LogP contribution is 2.23. The first-order chi connectivity index (χ1) is 8.61. The lowest BCUT2D eigenvalue weighted by molar-refractivity contribution is -0.121. The number of hydrogen-bond acceptors (Lipinski definition) is 3. The molecular formula is C13H16N2O3. The molecule has 1 aliphatic rings. The number of rotatable bonds is 3. The normalized spacial score (nSPS) is 17.3. The van der Waals surface area contributed by atoms with Crippen LogP contribution in [0.2, 0.25) is 0 Å². The molecule has 1 N–H and O–H groups in total. The fourth-order valence-electron chi connectivity index (χ4n) is 2.01. The highest BCUT2D eigenvalue weighted by molar-refractivity contribution is 5.96. The van der Waals surface area contributed by atoms with E-state index in [2.05, 4.69) is 5.32 Å². The Balaban J connectivity index is 2.12. The number of imide groups is 1. The Labute approximate surface area is 106 Å². The van der Waals surface area contributed by atoms with Crippen LogP contribution in [0.15, 0.2) is 24.3 Å². The Kier molecular flexibility index (Phi) is 3.50. The maximum atomic E-state index is 11.7. The number of ether oxygens (including phenoxy) is 1. The van der Waals surface area contributed by atoms with Gasteiger partial charge in [0.05, 0.1) is 13.2 Å². The molecule has 1 aromatic carbocycles. The van der Waals surface area contributed by atoms with Gasteiger partial charge in [-0.2, -0.15) is 0 Å². The predicted molar refractivity (Wildman–Crippen MR) is 66.3 cm³/mol. The number of urea groups is 1. The van der Waals surface area contributed by atoms with Gasteiger partial charge in [-0.05, 0) is 24.6 Å². The van der Waals surface area contributed by atoms with Crippen LogP contribution in [0.25, 0.3) is 0 Å². The predicted octanol–water partition coefficient (Wildman–Crippen LogP) is 1.70. The molecule has 1 aliphatic heterocycles. The molecule has 0 saturated carbocycles. The second-order valence-corrected chi connectivity index (χ2v) is 4.25. The van der Waals surface area contributed by atoms with E-state index < -0.39 is 0 Å². The summed E-state index contributed by atoms with van der Waals surface area (Å²) in [6, 6.07) is 7.18. The van der Waals surface area contributed by atoms with Gasteiger partial charge in [0.2, 0.25) is 5.91 Å². The van der Waals surface area contributed by atoms with Crippen molar-refractivity contribution in [2.75, 3.05) is 13.7 Å². The second-order valence-electron chi connectivity index (χ2n) is 4.25. The van der Waals surface area contributed by atoms with E-state index >= 15 is 0 Å². The molecule has 1 fully saturated rings. The van der Waals surface area contributed by atoms with Crippen LogP contribution < -0.4 is 10.1 Å².